The average Bonchev–Trinajstić information content (AvgIpc) is 2.89. The van der Waals surface area contributed by atoms with Crippen molar-refractivity contribution in [2.75, 3.05) is 0 Å². The van der Waals surface area contributed by atoms with Crippen LogP contribution < -0.4 is 0 Å². The molecule has 3 aromatic heterocycles. The van der Waals surface area contributed by atoms with E-state index in [-0.39, 0.29) is 0 Å². The topological polar surface area (TPSA) is 62.5 Å². The Hall–Kier alpha value is -2.65. The Balaban J connectivity index is 2.08. The van der Waals surface area contributed by atoms with Crippen LogP contribution in [0.15, 0.2) is 36.8 Å². The van der Waals surface area contributed by atoms with E-state index in [0.717, 1.165) is 16.8 Å². The fourth-order valence-corrected chi connectivity index (χ4v) is 2.93. The Morgan fingerprint density at radius 3 is 2.90 bits per heavy atom. The lowest BCUT2D eigenvalue weighted by atomic mass is 10.2. The first kappa shape index (κ1) is 13.3. The van der Waals surface area contributed by atoms with E-state index in [0.29, 0.717) is 21.8 Å². The summed E-state index contributed by atoms with van der Waals surface area (Å²) < 4.78 is 13.2. The number of nitrogens with zero attached hydrogens (tertiary/aromatic N) is 4. The molecule has 0 radical (unpaired) electrons. The second-order valence-corrected chi connectivity index (χ2v) is 5.37. The van der Waals surface area contributed by atoms with Gasteiger partial charge in [0.2, 0.25) is 0 Å². The molecule has 3 rings (SSSR count). The van der Waals surface area contributed by atoms with Crippen LogP contribution in [-0.2, 0) is 0 Å². The summed E-state index contributed by atoms with van der Waals surface area (Å²) in [6, 6.07) is 6.85. The van der Waals surface area contributed by atoms with Crippen molar-refractivity contribution in [2.24, 2.45) is 0 Å². The fraction of sp³-hybridized carbons (Fsp3) is 0.0667. The summed E-state index contributed by atoms with van der Waals surface area (Å²) in [7, 11) is 0. The summed E-state index contributed by atoms with van der Waals surface area (Å²) in [5.74, 6) is -0.397. The molecule has 0 atom stereocenters. The van der Waals surface area contributed by atoms with Crippen LogP contribution in [0.2, 0.25) is 0 Å². The molecule has 0 spiro atoms. The Morgan fingerprint density at radius 1 is 1.29 bits per heavy atom. The van der Waals surface area contributed by atoms with Crippen molar-refractivity contribution in [3.8, 4) is 27.2 Å². The normalized spacial score (nSPS) is 10.3. The van der Waals surface area contributed by atoms with Gasteiger partial charge >= 0.3 is 0 Å². The molecule has 102 valence electrons. The summed E-state index contributed by atoms with van der Waals surface area (Å²) in [6.45, 7) is 1.86. The van der Waals surface area contributed by atoms with Gasteiger partial charge in [-0.3, -0.25) is 9.97 Å². The van der Waals surface area contributed by atoms with E-state index in [4.69, 9.17) is 5.26 Å². The Kier molecular flexibility index (Phi) is 3.42. The molecule has 3 aromatic rings. The molecule has 0 amide bonds. The van der Waals surface area contributed by atoms with Gasteiger partial charge in [-0.15, -0.1) is 11.3 Å². The van der Waals surface area contributed by atoms with Crippen molar-refractivity contribution >= 4 is 11.3 Å². The van der Waals surface area contributed by atoms with Crippen LogP contribution in [-0.4, -0.2) is 15.0 Å². The molecule has 0 unspecified atom stereocenters. The van der Waals surface area contributed by atoms with Crippen LogP contribution in [0, 0.1) is 24.1 Å². The maximum Gasteiger partial charge on any atom is 0.142 e. The van der Waals surface area contributed by atoms with Gasteiger partial charge in [0.15, 0.2) is 0 Å². The summed E-state index contributed by atoms with van der Waals surface area (Å²) in [4.78, 5) is 13.4. The predicted molar refractivity (Wildman–Crippen MR) is 78.0 cm³/mol. The van der Waals surface area contributed by atoms with Gasteiger partial charge in [-0.05, 0) is 25.1 Å². The van der Waals surface area contributed by atoms with Crippen molar-refractivity contribution < 1.29 is 4.39 Å². The Morgan fingerprint density at radius 2 is 2.14 bits per heavy atom. The van der Waals surface area contributed by atoms with Crippen molar-refractivity contribution in [1.29, 1.82) is 5.26 Å². The van der Waals surface area contributed by atoms with Crippen molar-refractivity contribution in [3.05, 3.63) is 53.9 Å². The maximum atomic E-state index is 13.2. The van der Waals surface area contributed by atoms with E-state index in [1.54, 1.807) is 24.5 Å². The molecular weight excluding hydrogens is 287 g/mol. The smallest absolute Gasteiger partial charge is 0.142 e. The highest BCUT2D eigenvalue weighted by Crippen LogP contribution is 2.34. The highest BCUT2D eigenvalue weighted by Gasteiger charge is 2.13. The lowest BCUT2D eigenvalue weighted by Crippen LogP contribution is -1.84. The lowest BCUT2D eigenvalue weighted by molar-refractivity contribution is 0.622. The second-order valence-electron chi connectivity index (χ2n) is 4.37. The van der Waals surface area contributed by atoms with Crippen LogP contribution in [0.4, 0.5) is 4.39 Å². The van der Waals surface area contributed by atoms with Crippen molar-refractivity contribution in [3.63, 3.8) is 0 Å². The molecule has 21 heavy (non-hydrogen) atoms. The molecule has 0 bridgehead atoms. The minimum atomic E-state index is -0.397. The molecule has 0 fully saturated rings. The highest BCUT2D eigenvalue weighted by molar-refractivity contribution is 7.18. The molecular formula is C15H9FN4S. The third-order valence-electron chi connectivity index (χ3n) is 2.87. The zero-order valence-electron chi connectivity index (χ0n) is 11.0. The number of aromatic nitrogens is 3. The van der Waals surface area contributed by atoms with Gasteiger partial charge < -0.3 is 0 Å². The van der Waals surface area contributed by atoms with Gasteiger partial charge in [-0.2, -0.15) is 5.26 Å². The molecule has 0 aliphatic rings. The van der Waals surface area contributed by atoms with E-state index in [1.165, 1.54) is 17.4 Å². The largest absolute Gasteiger partial charge is 0.261 e. The number of halogens is 1. The van der Waals surface area contributed by atoms with Crippen molar-refractivity contribution in [1.82, 2.24) is 15.0 Å². The zero-order chi connectivity index (χ0) is 14.8. The number of thiazole rings is 1. The Bertz CT molecular complexity index is 851. The van der Waals surface area contributed by atoms with Crippen LogP contribution in [0.1, 0.15) is 11.3 Å². The van der Waals surface area contributed by atoms with E-state index in [9.17, 15) is 4.39 Å². The molecule has 0 aromatic carbocycles. The average molecular weight is 296 g/mol. The van der Waals surface area contributed by atoms with Gasteiger partial charge in [0.05, 0.1) is 34.1 Å². The predicted octanol–water partition coefficient (Wildman–Crippen LogP) is 3.59. The molecule has 0 aliphatic carbocycles. The van der Waals surface area contributed by atoms with Crippen LogP contribution in [0.3, 0.4) is 0 Å². The van der Waals surface area contributed by atoms with E-state index >= 15 is 0 Å². The van der Waals surface area contributed by atoms with Crippen LogP contribution in [0.25, 0.3) is 21.1 Å². The number of aryl methyl sites for hydroxylation is 1. The molecule has 6 heteroatoms. The minimum absolute atomic E-state index is 0.397. The lowest BCUT2D eigenvalue weighted by Gasteiger charge is -1.97. The van der Waals surface area contributed by atoms with E-state index in [2.05, 4.69) is 21.0 Å². The van der Waals surface area contributed by atoms with E-state index in [1.807, 2.05) is 6.92 Å². The number of hydrogen-bond acceptors (Lipinski definition) is 5. The summed E-state index contributed by atoms with van der Waals surface area (Å²) in [6.07, 6.45) is 4.32. The summed E-state index contributed by atoms with van der Waals surface area (Å²) in [5.41, 5.74) is 2.66. The maximum absolute atomic E-state index is 13.2. The van der Waals surface area contributed by atoms with Gasteiger partial charge in [0.1, 0.15) is 10.8 Å². The second kappa shape index (κ2) is 5.38. The summed E-state index contributed by atoms with van der Waals surface area (Å²) >= 11 is 1.40. The third-order valence-corrected chi connectivity index (χ3v) is 4.10. The van der Waals surface area contributed by atoms with Gasteiger partial charge in [-0.25, -0.2) is 9.37 Å². The fourth-order valence-electron chi connectivity index (χ4n) is 1.91. The van der Waals surface area contributed by atoms with Gasteiger partial charge in [-0.1, -0.05) is 0 Å². The monoisotopic (exact) mass is 296 g/mol. The molecule has 4 nitrogen and oxygen atoms in total. The standard InChI is InChI=1S/C15H9FN4S/c1-9-14(13-4-10(6-17)2-3-19-13)21-15(20-9)11-5-12(16)8-18-7-11/h2-5,7-8H,1H3. The van der Waals surface area contributed by atoms with Crippen LogP contribution >= 0.6 is 11.3 Å². The van der Waals surface area contributed by atoms with Crippen LogP contribution in [0.5, 0.6) is 0 Å². The van der Waals surface area contributed by atoms with E-state index < -0.39 is 5.82 Å². The Labute approximate surface area is 124 Å². The first-order chi connectivity index (χ1) is 10.2. The third kappa shape index (κ3) is 2.64. The SMILES string of the molecule is Cc1nc(-c2cncc(F)c2)sc1-c1cc(C#N)ccn1. The number of pyridine rings is 2. The summed E-state index contributed by atoms with van der Waals surface area (Å²) in [5, 5.41) is 9.63. The molecule has 0 saturated carbocycles. The molecule has 0 saturated heterocycles. The van der Waals surface area contributed by atoms with Gasteiger partial charge in [0, 0.05) is 18.0 Å². The molecule has 0 aliphatic heterocycles. The van der Waals surface area contributed by atoms with Crippen molar-refractivity contribution in [2.45, 2.75) is 6.92 Å². The molecule has 3 heterocycles. The number of hydrogen-bond donors (Lipinski definition) is 0. The molecule has 0 N–H and O–H groups in total. The quantitative estimate of drug-likeness (QED) is 0.725. The highest BCUT2D eigenvalue weighted by atomic mass is 32.1. The number of rotatable bonds is 2. The minimum Gasteiger partial charge on any atom is -0.261 e. The number of nitriles is 1. The first-order valence-electron chi connectivity index (χ1n) is 6.12. The van der Waals surface area contributed by atoms with Gasteiger partial charge in [0.25, 0.3) is 0 Å². The zero-order valence-corrected chi connectivity index (χ0v) is 11.9. The first-order valence-corrected chi connectivity index (χ1v) is 6.94.